The van der Waals surface area contributed by atoms with E-state index in [4.69, 9.17) is 11.6 Å². The van der Waals surface area contributed by atoms with Crippen molar-refractivity contribution in [3.8, 4) is 0 Å². The molecule has 0 unspecified atom stereocenters. The molecule has 0 N–H and O–H groups in total. The van der Waals surface area contributed by atoms with Gasteiger partial charge in [0, 0.05) is 32.1 Å². The Balaban J connectivity index is 2.42. The minimum atomic E-state index is -0.366. The van der Waals surface area contributed by atoms with Crippen molar-refractivity contribution >= 4 is 23.4 Å². The minimum absolute atomic E-state index is 0.363. The summed E-state index contributed by atoms with van der Waals surface area (Å²) in [5.74, 6) is -0.121. The normalized spacial score (nSPS) is 17.5. The Labute approximate surface area is 95.2 Å². The lowest BCUT2D eigenvalue weighted by Gasteiger charge is -2.33. The summed E-state index contributed by atoms with van der Waals surface area (Å²) < 4.78 is 0. The van der Waals surface area contributed by atoms with Gasteiger partial charge in [-0.3, -0.25) is 9.59 Å². The van der Waals surface area contributed by atoms with Crippen molar-refractivity contribution in [1.82, 2.24) is 9.80 Å². The van der Waals surface area contributed by atoms with Crippen LogP contribution in [0.2, 0.25) is 0 Å². The fourth-order valence-electron chi connectivity index (χ4n) is 1.63. The summed E-state index contributed by atoms with van der Waals surface area (Å²) in [6, 6.07) is 0. The Hall–Kier alpha value is -0.770. The van der Waals surface area contributed by atoms with E-state index in [1.165, 1.54) is 0 Å². The third-order valence-corrected chi connectivity index (χ3v) is 2.86. The van der Waals surface area contributed by atoms with E-state index in [2.05, 4.69) is 0 Å². The first kappa shape index (κ1) is 12.3. The number of piperazine rings is 1. The number of carbonyl (C=O) groups excluding carboxylic acids is 2. The fourth-order valence-corrected chi connectivity index (χ4v) is 1.82. The number of likely N-dealkylation sites (N-methyl/N-ethyl adjacent to an activating group) is 1. The Morgan fingerprint density at radius 1 is 1.13 bits per heavy atom. The highest BCUT2D eigenvalue weighted by atomic mass is 35.5. The van der Waals surface area contributed by atoms with Gasteiger partial charge in [-0.25, -0.2) is 0 Å². The number of halogens is 1. The molecule has 1 saturated heterocycles. The van der Waals surface area contributed by atoms with Crippen molar-refractivity contribution in [2.75, 3.05) is 32.1 Å². The van der Waals surface area contributed by atoms with Crippen LogP contribution in [0.3, 0.4) is 0 Å². The van der Waals surface area contributed by atoms with Gasteiger partial charge in [-0.15, -0.1) is 11.6 Å². The van der Waals surface area contributed by atoms with Crippen LogP contribution in [0, 0.1) is 0 Å². The third kappa shape index (κ3) is 3.09. The summed E-state index contributed by atoms with van der Waals surface area (Å²) in [5, 5.41) is 0. The van der Waals surface area contributed by atoms with Gasteiger partial charge in [0.2, 0.25) is 0 Å². The highest BCUT2D eigenvalue weighted by molar-refractivity contribution is 6.35. The lowest BCUT2D eigenvalue weighted by Crippen LogP contribution is -2.54. The first-order chi connectivity index (χ1) is 7.20. The molecule has 1 rings (SSSR count). The molecule has 0 aromatic rings. The van der Waals surface area contributed by atoms with Crippen LogP contribution in [0.1, 0.15) is 19.8 Å². The van der Waals surface area contributed by atoms with Gasteiger partial charge in [0.15, 0.2) is 0 Å². The Morgan fingerprint density at radius 2 is 1.73 bits per heavy atom. The standard InChI is InChI=1S/C10H17ClN2O2/c1-2-12-7-8-13(6-4-3-5-11)10(15)9(12)14/h2-8H2,1H3. The number of hydrogen-bond donors (Lipinski definition) is 0. The summed E-state index contributed by atoms with van der Waals surface area (Å²) in [4.78, 5) is 26.3. The molecule has 5 heteroatoms. The molecule has 1 aliphatic rings. The van der Waals surface area contributed by atoms with Crippen molar-refractivity contribution in [1.29, 1.82) is 0 Å². The number of carbonyl (C=O) groups is 2. The maximum absolute atomic E-state index is 11.6. The fraction of sp³-hybridized carbons (Fsp3) is 0.800. The number of nitrogens with zero attached hydrogens (tertiary/aromatic N) is 2. The first-order valence-corrected chi connectivity index (χ1v) is 5.88. The zero-order valence-electron chi connectivity index (χ0n) is 9.04. The van der Waals surface area contributed by atoms with Crippen LogP contribution < -0.4 is 0 Å². The van der Waals surface area contributed by atoms with Gasteiger partial charge in [-0.2, -0.15) is 0 Å². The van der Waals surface area contributed by atoms with Crippen LogP contribution in [0.15, 0.2) is 0 Å². The molecule has 4 nitrogen and oxygen atoms in total. The molecule has 0 bridgehead atoms. The van der Waals surface area contributed by atoms with Crippen molar-refractivity contribution in [2.24, 2.45) is 0 Å². The van der Waals surface area contributed by atoms with Crippen LogP contribution in [-0.4, -0.2) is 53.7 Å². The summed E-state index contributed by atoms with van der Waals surface area (Å²) in [6.45, 7) is 4.45. The molecule has 15 heavy (non-hydrogen) atoms. The number of unbranched alkanes of at least 4 members (excludes halogenated alkanes) is 1. The van der Waals surface area contributed by atoms with Gasteiger partial charge < -0.3 is 9.80 Å². The van der Waals surface area contributed by atoms with Gasteiger partial charge in [0.1, 0.15) is 0 Å². The number of amides is 2. The minimum Gasteiger partial charge on any atom is -0.333 e. The van der Waals surface area contributed by atoms with Crippen molar-refractivity contribution in [3.05, 3.63) is 0 Å². The maximum atomic E-state index is 11.6. The molecule has 0 aliphatic carbocycles. The molecular weight excluding hydrogens is 216 g/mol. The molecule has 0 radical (unpaired) electrons. The molecule has 0 aromatic carbocycles. The first-order valence-electron chi connectivity index (χ1n) is 5.34. The molecule has 0 spiro atoms. The van der Waals surface area contributed by atoms with E-state index in [9.17, 15) is 9.59 Å². The number of alkyl halides is 1. The summed E-state index contributed by atoms with van der Waals surface area (Å²) in [6.07, 6.45) is 1.76. The third-order valence-electron chi connectivity index (χ3n) is 2.59. The van der Waals surface area contributed by atoms with Crippen molar-refractivity contribution < 1.29 is 9.59 Å². The van der Waals surface area contributed by atoms with Crippen LogP contribution in [0.25, 0.3) is 0 Å². The second-order valence-electron chi connectivity index (χ2n) is 3.57. The molecule has 0 atom stereocenters. The molecule has 2 amide bonds. The molecule has 1 fully saturated rings. The Kier molecular flexibility index (Phi) is 4.88. The number of rotatable bonds is 5. The van der Waals surface area contributed by atoms with E-state index < -0.39 is 0 Å². The zero-order valence-corrected chi connectivity index (χ0v) is 9.79. The lowest BCUT2D eigenvalue weighted by atomic mass is 10.2. The Bertz CT molecular complexity index is 244. The van der Waals surface area contributed by atoms with E-state index >= 15 is 0 Å². The second-order valence-corrected chi connectivity index (χ2v) is 3.95. The zero-order chi connectivity index (χ0) is 11.3. The molecule has 0 saturated carbocycles. The predicted molar refractivity (Wildman–Crippen MR) is 58.8 cm³/mol. The van der Waals surface area contributed by atoms with Crippen LogP contribution in [0.4, 0.5) is 0 Å². The highest BCUT2D eigenvalue weighted by Crippen LogP contribution is 2.06. The molecule has 1 heterocycles. The van der Waals surface area contributed by atoms with E-state index in [1.807, 2.05) is 6.92 Å². The van der Waals surface area contributed by atoms with Crippen molar-refractivity contribution in [2.45, 2.75) is 19.8 Å². The summed E-state index contributed by atoms with van der Waals surface area (Å²) in [7, 11) is 0. The lowest BCUT2D eigenvalue weighted by molar-refractivity contribution is -0.155. The van der Waals surface area contributed by atoms with Gasteiger partial charge in [-0.05, 0) is 19.8 Å². The quantitative estimate of drug-likeness (QED) is 0.398. The summed E-state index contributed by atoms with van der Waals surface area (Å²) >= 11 is 5.55. The highest BCUT2D eigenvalue weighted by Gasteiger charge is 2.30. The van der Waals surface area contributed by atoms with Gasteiger partial charge in [0.25, 0.3) is 0 Å². The van der Waals surface area contributed by atoms with E-state index in [1.54, 1.807) is 9.80 Å². The average Bonchev–Trinajstić information content (AvgIpc) is 2.25. The number of hydrogen-bond acceptors (Lipinski definition) is 2. The van der Waals surface area contributed by atoms with Gasteiger partial charge in [-0.1, -0.05) is 0 Å². The molecular formula is C10H17ClN2O2. The van der Waals surface area contributed by atoms with Gasteiger partial charge >= 0.3 is 11.8 Å². The predicted octanol–water partition coefficient (Wildman–Crippen LogP) is 0.696. The smallest absolute Gasteiger partial charge is 0.312 e. The second kappa shape index (κ2) is 5.95. The molecule has 1 aliphatic heterocycles. The summed E-state index contributed by atoms with van der Waals surface area (Å²) in [5.41, 5.74) is 0. The van der Waals surface area contributed by atoms with Crippen molar-refractivity contribution in [3.63, 3.8) is 0 Å². The SMILES string of the molecule is CCN1CCN(CCCCCl)C(=O)C1=O. The molecule has 86 valence electrons. The van der Waals surface area contributed by atoms with Gasteiger partial charge in [0.05, 0.1) is 0 Å². The average molecular weight is 233 g/mol. The monoisotopic (exact) mass is 232 g/mol. The maximum Gasteiger partial charge on any atom is 0.312 e. The van der Waals surface area contributed by atoms with E-state index in [0.29, 0.717) is 32.1 Å². The van der Waals surface area contributed by atoms with E-state index in [0.717, 1.165) is 12.8 Å². The molecule has 0 aromatic heterocycles. The van der Waals surface area contributed by atoms with E-state index in [-0.39, 0.29) is 11.8 Å². The Morgan fingerprint density at radius 3 is 2.33 bits per heavy atom. The topological polar surface area (TPSA) is 40.6 Å². The van der Waals surface area contributed by atoms with Crippen LogP contribution in [-0.2, 0) is 9.59 Å². The van der Waals surface area contributed by atoms with Crippen LogP contribution >= 0.6 is 11.6 Å². The largest absolute Gasteiger partial charge is 0.333 e. The van der Waals surface area contributed by atoms with Crippen LogP contribution in [0.5, 0.6) is 0 Å².